The third-order valence-corrected chi connectivity index (χ3v) is 4.71. The first-order valence-electron chi connectivity index (χ1n) is 10.2. The molecule has 3 aromatic rings. The first-order chi connectivity index (χ1) is 16.0. The molecule has 1 amide bonds. The molecule has 0 aromatic heterocycles. The van der Waals surface area contributed by atoms with Gasteiger partial charge in [0.05, 0.1) is 12.7 Å². The van der Waals surface area contributed by atoms with Crippen LogP contribution in [0.4, 0.5) is 10.5 Å². The highest BCUT2D eigenvalue weighted by Crippen LogP contribution is 2.17. The second kappa shape index (κ2) is 11.3. The summed E-state index contributed by atoms with van der Waals surface area (Å²) in [6, 6.07) is 21.0. The van der Waals surface area contributed by atoms with E-state index >= 15 is 0 Å². The van der Waals surface area contributed by atoms with Crippen LogP contribution in [-0.2, 0) is 27.3 Å². The summed E-state index contributed by atoms with van der Waals surface area (Å²) in [5.41, 5.74) is 7.74. The van der Waals surface area contributed by atoms with E-state index in [1.807, 2.05) is 30.3 Å². The van der Waals surface area contributed by atoms with Crippen molar-refractivity contribution in [3.63, 3.8) is 0 Å². The lowest BCUT2D eigenvalue weighted by Crippen LogP contribution is -2.45. The first kappa shape index (κ1) is 23.3. The molecule has 0 saturated heterocycles. The summed E-state index contributed by atoms with van der Waals surface area (Å²) >= 11 is 0. The van der Waals surface area contributed by atoms with Crippen LogP contribution in [0, 0.1) is 0 Å². The molecule has 3 aromatic carbocycles. The van der Waals surface area contributed by atoms with Crippen LogP contribution in [0.1, 0.15) is 21.5 Å². The number of nitrogen functional groups attached to an aromatic ring is 1. The Hall–Kier alpha value is -4.33. The first-order valence-corrected chi connectivity index (χ1v) is 10.2. The smallest absolute Gasteiger partial charge is 0.408 e. The second-order valence-corrected chi connectivity index (χ2v) is 7.11. The van der Waals surface area contributed by atoms with Gasteiger partial charge in [0, 0.05) is 18.2 Å². The van der Waals surface area contributed by atoms with Crippen LogP contribution in [0.25, 0.3) is 0 Å². The van der Waals surface area contributed by atoms with Crippen LogP contribution in [0.2, 0.25) is 0 Å². The molecule has 0 fully saturated rings. The molecular weight excluding hydrogens is 424 g/mol. The highest BCUT2D eigenvalue weighted by Gasteiger charge is 2.26. The number of carbonyl (C=O) groups is 3. The van der Waals surface area contributed by atoms with E-state index in [-0.39, 0.29) is 24.3 Å². The van der Waals surface area contributed by atoms with Gasteiger partial charge in [0.2, 0.25) is 0 Å². The number of alkyl carbamates (subject to hydrolysis) is 1. The molecule has 0 bridgehead atoms. The molecule has 0 aliphatic heterocycles. The lowest BCUT2D eigenvalue weighted by Gasteiger charge is -2.19. The summed E-state index contributed by atoms with van der Waals surface area (Å²) < 4.78 is 15.5. The zero-order chi connectivity index (χ0) is 23.6. The van der Waals surface area contributed by atoms with Crippen LogP contribution in [0.15, 0.2) is 78.9 Å². The van der Waals surface area contributed by atoms with Crippen molar-refractivity contribution in [2.75, 3.05) is 12.8 Å². The quantitative estimate of drug-likeness (QED) is 0.308. The summed E-state index contributed by atoms with van der Waals surface area (Å²) in [6.45, 7) is 0.0302. The normalized spacial score (nSPS) is 11.2. The molecule has 3 N–H and O–H groups in total. The van der Waals surface area contributed by atoms with E-state index in [4.69, 9.17) is 19.9 Å². The van der Waals surface area contributed by atoms with Crippen LogP contribution in [0.3, 0.4) is 0 Å². The minimum absolute atomic E-state index is 0.0210. The Morgan fingerprint density at radius 1 is 0.939 bits per heavy atom. The molecule has 0 aliphatic carbocycles. The third kappa shape index (κ3) is 6.83. The van der Waals surface area contributed by atoms with E-state index in [9.17, 15) is 14.4 Å². The van der Waals surface area contributed by atoms with E-state index in [0.29, 0.717) is 11.3 Å². The molecule has 0 radical (unpaired) electrons. The summed E-state index contributed by atoms with van der Waals surface area (Å²) in [4.78, 5) is 37.5. The van der Waals surface area contributed by atoms with Crippen LogP contribution < -0.4 is 15.8 Å². The average molecular weight is 448 g/mol. The van der Waals surface area contributed by atoms with Crippen molar-refractivity contribution >= 4 is 23.7 Å². The van der Waals surface area contributed by atoms with Crippen LogP contribution in [-0.4, -0.2) is 31.2 Å². The van der Waals surface area contributed by atoms with E-state index < -0.39 is 24.1 Å². The zero-order valence-electron chi connectivity index (χ0n) is 18.0. The van der Waals surface area contributed by atoms with Crippen molar-refractivity contribution in [3.8, 4) is 5.75 Å². The fourth-order valence-corrected chi connectivity index (χ4v) is 3.09. The van der Waals surface area contributed by atoms with Gasteiger partial charge >= 0.3 is 18.0 Å². The minimum atomic E-state index is -1.14. The average Bonchev–Trinajstić information content (AvgIpc) is 2.83. The molecule has 8 nitrogen and oxygen atoms in total. The number of esters is 2. The molecule has 3 rings (SSSR count). The van der Waals surface area contributed by atoms with Crippen molar-refractivity contribution < 1.29 is 28.6 Å². The van der Waals surface area contributed by atoms with Gasteiger partial charge in [-0.2, -0.15) is 0 Å². The van der Waals surface area contributed by atoms with Crippen molar-refractivity contribution in [1.82, 2.24) is 5.32 Å². The Morgan fingerprint density at radius 3 is 2.39 bits per heavy atom. The monoisotopic (exact) mass is 448 g/mol. The van der Waals surface area contributed by atoms with Crippen molar-refractivity contribution in [1.29, 1.82) is 0 Å². The van der Waals surface area contributed by atoms with Gasteiger partial charge in [-0.25, -0.2) is 14.4 Å². The number of amides is 1. The van der Waals surface area contributed by atoms with Gasteiger partial charge in [-0.3, -0.25) is 0 Å². The molecule has 0 spiro atoms. The van der Waals surface area contributed by atoms with Gasteiger partial charge in [-0.1, -0.05) is 54.6 Å². The lowest BCUT2D eigenvalue weighted by atomic mass is 10.00. The topological polar surface area (TPSA) is 117 Å². The molecular formula is C25H24N2O6. The number of anilines is 1. The Morgan fingerprint density at radius 2 is 1.67 bits per heavy atom. The van der Waals surface area contributed by atoms with E-state index in [1.165, 1.54) is 13.2 Å². The molecule has 1 unspecified atom stereocenters. The Balaban J connectivity index is 1.77. The SMILES string of the molecule is COC(=O)c1ccccc1CC(NC(=O)OCc1ccccc1)C(=O)Oc1cccc(N)c1. The third-order valence-electron chi connectivity index (χ3n) is 4.71. The highest BCUT2D eigenvalue weighted by molar-refractivity contribution is 5.91. The number of rotatable bonds is 8. The maximum absolute atomic E-state index is 12.9. The molecule has 0 aliphatic rings. The highest BCUT2D eigenvalue weighted by atomic mass is 16.6. The number of carbonyl (C=O) groups excluding carboxylic acids is 3. The van der Waals surface area contributed by atoms with Gasteiger partial charge in [0.15, 0.2) is 0 Å². The number of benzene rings is 3. The molecule has 8 heteroatoms. The number of hydrogen-bond acceptors (Lipinski definition) is 7. The van der Waals surface area contributed by atoms with E-state index in [1.54, 1.807) is 42.5 Å². The standard InChI is InChI=1S/C25H24N2O6/c1-31-23(28)21-13-6-5-10-18(21)14-22(24(29)33-20-12-7-11-19(26)15-20)27-25(30)32-16-17-8-3-2-4-9-17/h2-13,15,22H,14,16,26H2,1H3,(H,27,30). The predicted molar refractivity (Wildman–Crippen MR) is 122 cm³/mol. The summed E-state index contributed by atoms with van der Waals surface area (Å²) in [5, 5.41) is 2.54. The van der Waals surface area contributed by atoms with E-state index in [2.05, 4.69) is 5.32 Å². The predicted octanol–water partition coefficient (Wildman–Crippen LogP) is 3.50. The summed E-state index contributed by atoms with van der Waals surface area (Å²) in [7, 11) is 1.27. The maximum atomic E-state index is 12.9. The Bertz CT molecular complexity index is 1120. The summed E-state index contributed by atoms with van der Waals surface area (Å²) in [5.74, 6) is -1.07. The van der Waals surface area contributed by atoms with Crippen molar-refractivity contribution in [2.24, 2.45) is 0 Å². The van der Waals surface area contributed by atoms with Gasteiger partial charge in [0.1, 0.15) is 18.4 Å². The number of methoxy groups -OCH3 is 1. The van der Waals surface area contributed by atoms with Crippen molar-refractivity contribution in [2.45, 2.75) is 19.1 Å². The lowest BCUT2D eigenvalue weighted by molar-refractivity contribution is -0.136. The second-order valence-electron chi connectivity index (χ2n) is 7.11. The largest absolute Gasteiger partial charge is 0.465 e. The number of hydrogen-bond donors (Lipinski definition) is 2. The van der Waals surface area contributed by atoms with Gasteiger partial charge in [0.25, 0.3) is 0 Å². The van der Waals surface area contributed by atoms with E-state index in [0.717, 1.165) is 5.56 Å². The number of ether oxygens (including phenoxy) is 3. The summed E-state index contributed by atoms with van der Waals surface area (Å²) in [6.07, 6.45) is -0.823. The molecule has 1 atom stereocenters. The number of nitrogens with one attached hydrogen (secondary N) is 1. The molecule has 0 heterocycles. The molecule has 0 saturated carbocycles. The maximum Gasteiger partial charge on any atom is 0.408 e. The van der Waals surface area contributed by atoms with Crippen molar-refractivity contribution in [3.05, 3.63) is 95.6 Å². The fraction of sp³-hybridized carbons (Fsp3) is 0.160. The molecule has 170 valence electrons. The zero-order valence-corrected chi connectivity index (χ0v) is 18.0. The minimum Gasteiger partial charge on any atom is -0.465 e. The van der Waals surface area contributed by atoms with Crippen LogP contribution >= 0.6 is 0 Å². The van der Waals surface area contributed by atoms with Gasteiger partial charge in [-0.05, 0) is 29.3 Å². The van der Waals surface area contributed by atoms with Gasteiger partial charge < -0.3 is 25.3 Å². The Labute approximate surface area is 191 Å². The molecule has 33 heavy (non-hydrogen) atoms. The Kier molecular flexibility index (Phi) is 8.02. The fourth-order valence-electron chi connectivity index (χ4n) is 3.09. The van der Waals surface area contributed by atoms with Gasteiger partial charge in [-0.15, -0.1) is 0 Å². The number of nitrogens with two attached hydrogens (primary N) is 1. The van der Waals surface area contributed by atoms with Crippen LogP contribution in [0.5, 0.6) is 5.75 Å².